The molecule has 1 aliphatic carbocycles. The predicted molar refractivity (Wildman–Crippen MR) is 111 cm³/mol. The van der Waals surface area contributed by atoms with E-state index in [-0.39, 0.29) is 12.2 Å². The van der Waals surface area contributed by atoms with Crippen molar-refractivity contribution in [3.8, 4) is 0 Å². The third-order valence-corrected chi connectivity index (χ3v) is 5.63. The molecule has 2 rings (SSSR count). The number of ether oxygens (including phenoxy) is 1. The lowest BCUT2D eigenvalue weighted by atomic mass is 9.62. The Morgan fingerprint density at radius 3 is 2.39 bits per heavy atom. The Morgan fingerprint density at radius 2 is 1.82 bits per heavy atom. The molecule has 0 amide bonds. The van der Waals surface area contributed by atoms with E-state index in [0.717, 1.165) is 11.1 Å². The Labute approximate surface area is 167 Å². The molecule has 1 aromatic rings. The first-order chi connectivity index (χ1) is 13.0. The van der Waals surface area contributed by atoms with E-state index in [2.05, 4.69) is 4.74 Å². The van der Waals surface area contributed by atoms with Crippen molar-refractivity contribution in [2.75, 3.05) is 7.11 Å². The van der Waals surface area contributed by atoms with Crippen LogP contribution in [0, 0.1) is 12.3 Å². The Hall–Kier alpha value is -2.46. The Kier molecular flexibility index (Phi) is 6.45. The van der Waals surface area contributed by atoms with E-state index in [1.165, 1.54) is 13.2 Å². The number of carbonyl (C=O) groups is 2. The van der Waals surface area contributed by atoms with Gasteiger partial charge in [-0.15, -0.1) is 0 Å². The number of esters is 1. The van der Waals surface area contributed by atoms with Gasteiger partial charge in [-0.3, -0.25) is 4.79 Å². The van der Waals surface area contributed by atoms with Crippen molar-refractivity contribution < 1.29 is 19.4 Å². The van der Waals surface area contributed by atoms with Gasteiger partial charge in [0, 0.05) is 29.9 Å². The van der Waals surface area contributed by atoms with Crippen LogP contribution in [0.5, 0.6) is 0 Å². The molecule has 0 bridgehead atoms. The van der Waals surface area contributed by atoms with Gasteiger partial charge in [0.15, 0.2) is 5.78 Å². The zero-order valence-corrected chi connectivity index (χ0v) is 17.6. The average molecular weight is 383 g/mol. The van der Waals surface area contributed by atoms with Crippen molar-refractivity contribution in [1.82, 2.24) is 0 Å². The van der Waals surface area contributed by atoms with Crippen LogP contribution < -0.4 is 0 Å². The molecule has 0 aromatic heterocycles. The number of allylic oxidation sites excluding steroid dienone is 3. The van der Waals surface area contributed by atoms with Crippen molar-refractivity contribution in [3.63, 3.8) is 0 Å². The molecule has 4 heteroatoms. The van der Waals surface area contributed by atoms with Gasteiger partial charge in [-0.2, -0.15) is 0 Å². The van der Waals surface area contributed by atoms with Crippen LogP contribution in [-0.4, -0.2) is 29.6 Å². The number of rotatable bonds is 5. The Bertz CT molecular complexity index is 853. The van der Waals surface area contributed by atoms with E-state index in [1.54, 1.807) is 19.1 Å². The lowest BCUT2D eigenvalue weighted by Crippen LogP contribution is -2.49. The number of benzene rings is 1. The van der Waals surface area contributed by atoms with Crippen molar-refractivity contribution >= 4 is 11.8 Å². The van der Waals surface area contributed by atoms with E-state index in [4.69, 9.17) is 0 Å². The summed E-state index contributed by atoms with van der Waals surface area (Å²) in [6.07, 6.45) is 5.52. The minimum Gasteiger partial charge on any atom is -0.466 e. The summed E-state index contributed by atoms with van der Waals surface area (Å²) in [5.41, 5.74) is 2.25. The van der Waals surface area contributed by atoms with Crippen LogP contribution in [0.2, 0.25) is 0 Å². The highest BCUT2D eigenvalue weighted by molar-refractivity contribution is 5.98. The highest BCUT2D eigenvalue weighted by atomic mass is 16.5. The molecule has 28 heavy (non-hydrogen) atoms. The number of carbonyl (C=O) groups excluding carboxylic acids is 2. The maximum Gasteiger partial charge on any atom is 0.330 e. The van der Waals surface area contributed by atoms with Gasteiger partial charge in [0.1, 0.15) is 5.60 Å². The summed E-state index contributed by atoms with van der Waals surface area (Å²) in [5.74, 6) is -0.373. The fourth-order valence-electron chi connectivity index (χ4n) is 3.63. The topological polar surface area (TPSA) is 63.6 Å². The van der Waals surface area contributed by atoms with Crippen LogP contribution in [0.3, 0.4) is 0 Å². The third kappa shape index (κ3) is 4.50. The van der Waals surface area contributed by atoms with E-state index in [1.807, 2.05) is 52.0 Å². The molecular formula is C24H30O4. The van der Waals surface area contributed by atoms with E-state index in [9.17, 15) is 14.7 Å². The first kappa shape index (κ1) is 21.8. The van der Waals surface area contributed by atoms with Gasteiger partial charge in [-0.1, -0.05) is 49.8 Å². The van der Waals surface area contributed by atoms with Gasteiger partial charge in [-0.05, 0) is 43.6 Å². The standard InChI is InChI=1S/C24H30O4/c1-16-7-9-19(10-8-16)14-20-18(3)24(27,23(4,5)15-21(20)25)12-11-17(2)13-22(26)28-6/h7-13,27H,14-15H2,1-6H3/t24-/m1/s1. The summed E-state index contributed by atoms with van der Waals surface area (Å²) in [6, 6.07) is 8.08. The van der Waals surface area contributed by atoms with Crippen LogP contribution in [-0.2, 0) is 20.7 Å². The van der Waals surface area contributed by atoms with Crippen LogP contribution in [0.25, 0.3) is 0 Å². The number of aliphatic hydroxyl groups is 1. The van der Waals surface area contributed by atoms with Crippen molar-refractivity contribution in [2.24, 2.45) is 5.41 Å². The number of hydrogen-bond acceptors (Lipinski definition) is 4. The molecule has 150 valence electrons. The Morgan fingerprint density at radius 1 is 1.21 bits per heavy atom. The molecule has 0 heterocycles. The van der Waals surface area contributed by atoms with Crippen LogP contribution in [0.15, 0.2) is 59.2 Å². The summed E-state index contributed by atoms with van der Waals surface area (Å²) >= 11 is 0. The summed E-state index contributed by atoms with van der Waals surface area (Å²) in [7, 11) is 1.32. The first-order valence-electron chi connectivity index (χ1n) is 9.47. The molecule has 1 aromatic carbocycles. The SMILES string of the molecule is COC(=O)C=C(C)C=C[C@@]1(O)C(C)=C(Cc2ccc(C)cc2)C(=O)CC1(C)C. The Balaban J connectivity index is 2.45. The minimum atomic E-state index is -1.29. The van der Waals surface area contributed by atoms with Gasteiger partial charge in [-0.25, -0.2) is 4.79 Å². The number of Topliss-reactive ketones (excluding diaryl/α,β-unsaturated/α-hetero) is 1. The molecule has 0 saturated heterocycles. The summed E-state index contributed by atoms with van der Waals surface area (Å²) < 4.78 is 4.64. The first-order valence-corrected chi connectivity index (χ1v) is 9.47. The van der Waals surface area contributed by atoms with Gasteiger partial charge >= 0.3 is 5.97 Å². The molecule has 1 atom stereocenters. The van der Waals surface area contributed by atoms with Gasteiger partial charge in [0.05, 0.1) is 7.11 Å². The smallest absolute Gasteiger partial charge is 0.330 e. The minimum absolute atomic E-state index is 0.0722. The average Bonchev–Trinajstić information content (AvgIpc) is 2.63. The van der Waals surface area contributed by atoms with E-state index in [0.29, 0.717) is 23.1 Å². The van der Waals surface area contributed by atoms with E-state index >= 15 is 0 Å². The largest absolute Gasteiger partial charge is 0.466 e. The monoisotopic (exact) mass is 382 g/mol. The number of ketones is 1. The van der Waals surface area contributed by atoms with Gasteiger partial charge < -0.3 is 9.84 Å². The van der Waals surface area contributed by atoms with Crippen LogP contribution in [0.4, 0.5) is 0 Å². The molecule has 0 unspecified atom stereocenters. The van der Waals surface area contributed by atoms with Crippen molar-refractivity contribution in [1.29, 1.82) is 0 Å². The number of methoxy groups -OCH3 is 1. The molecule has 0 fully saturated rings. The molecule has 4 nitrogen and oxygen atoms in total. The quantitative estimate of drug-likeness (QED) is 0.469. The number of aryl methyl sites for hydroxylation is 1. The molecule has 0 aliphatic heterocycles. The van der Waals surface area contributed by atoms with Crippen molar-refractivity contribution in [2.45, 2.75) is 53.1 Å². The molecule has 0 saturated carbocycles. The van der Waals surface area contributed by atoms with Gasteiger partial charge in [0.2, 0.25) is 0 Å². The molecule has 1 N–H and O–H groups in total. The second-order valence-corrected chi connectivity index (χ2v) is 8.26. The molecule has 1 aliphatic rings. The van der Waals surface area contributed by atoms with Gasteiger partial charge in [0.25, 0.3) is 0 Å². The predicted octanol–water partition coefficient (Wildman–Crippen LogP) is 4.26. The maximum absolute atomic E-state index is 12.8. The van der Waals surface area contributed by atoms with Crippen LogP contribution >= 0.6 is 0 Å². The fourth-order valence-corrected chi connectivity index (χ4v) is 3.63. The summed E-state index contributed by atoms with van der Waals surface area (Å²) in [4.78, 5) is 24.3. The summed E-state index contributed by atoms with van der Waals surface area (Å²) in [5, 5.41) is 11.6. The fraction of sp³-hybridized carbons (Fsp3) is 0.417. The molecule has 0 spiro atoms. The zero-order chi connectivity index (χ0) is 21.1. The number of hydrogen-bond donors (Lipinski definition) is 1. The zero-order valence-electron chi connectivity index (χ0n) is 17.6. The lowest BCUT2D eigenvalue weighted by Gasteiger charge is -2.46. The highest BCUT2D eigenvalue weighted by Gasteiger charge is 2.49. The van der Waals surface area contributed by atoms with Crippen molar-refractivity contribution in [3.05, 3.63) is 70.3 Å². The second kappa shape index (κ2) is 8.27. The second-order valence-electron chi connectivity index (χ2n) is 8.26. The van der Waals surface area contributed by atoms with E-state index < -0.39 is 17.0 Å². The molecule has 0 radical (unpaired) electrons. The normalized spacial score (nSPS) is 22.7. The summed E-state index contributed by atoms with van der Waals surface area (Å²) in [6.45, 7) is 9.40. The third-order valence-electron chi connectivity index (χ3n) is 5.63. The van der Waals surface area contributed by atoms with Crippen LogP contribution in [0.1, 0.15) is 45.2 Å². The lowest BCUT2D eigenvalue weighted by molar-refractivity contribution is -0.134. The highest BCUT2D eigenvalue weighted by Crippen LogP contribution is 2.47. The molecular weight excluding hydrogens is 352 g/mol. The maximum atomic E-state index is 12.8.